The van der Waals surface area contributed by atoms with E-state index in [0.29, 0.717) is 24.4 Å². The van der Waals surface area contributed by atoms with E-state index in [-0.39, 0.29) is 23.8 Å². The summed E-state index contributed by atoms with van der Waals surface area (Å²) < 4.78 is 63.3. The number of anilines is 1. The quantitative estimate of drug-likeness (QED) is 0.372. The summed E-state index contributed by atoms with van der Waals surface area (Å²) in [7, 11) is -0.322. The maximum atomic E-state index is 14.2. The molecule has 11 heteroatoms. The van der Waals surface area contributed by atoms with Crippen molar-refractivity contribution in [2.24, 2.45) is 0 Å². The van der Waals surface area contributed by atoms with E-state index in [1.54, 1.807) is 23.9 Å². The summed E-state index contributed by atoms with van der Waals surface area (Å²) in [5.41, 5.74) is 1.97. The standard InChI is InChI=1S/C26H33F2N5O3S/c1-20-25(19-32(12-5-17-36-3)37(34,35)24-10-8-21(27)9-11-24)26(31-15-13-30(2)14-16-31)33(29-20)23-7-4-6-22(28)18-23/h4,6-11,18H,5,12-17,19H2,1-3H3. The lowest BCUT2D eigenvalue weighted by Gasteiger charge is -2.35. The van der Waals surface area contributed by atoms with Gasteiger partial charge in [0.05, 0.1) is 16.3 Å². The van der Waals surface area contributed by atoms with Crippen molar-refractivity contribution in [3.8, 4) is 5.69 Å². The summed E-state index contributed by atoms with van der Waals surface area (Å²) >= 11 is 0. The third-order valence-corrected chi connectivity index (χ3v) is 8.41. The van der Waals surface area contributed by atoms with E-state index in [9.17, 15) is 17.2 Å². The van der Waals surface area contributed by atoms with Crippen LogP contribution in [0.2, 0.25) is 0 Å². The van der Waals surface area contributed by atoms with Gasteiger partial charge in [-0.1, -0.05) is 6.07 Å². The van der Waals surface area contributed by atoms with Gasteiger partial charge in [0.1, 0.15) is 17.5 Å². The molecule has 0 atom stereocenters. The number of hydrogen-bond acceptors (Lipinski definition) is 6. The highest BCUT2D eigenvalue weighted by atomic mass is 32.2. The molecule has 37 heavy (non-hydrogen) atoms. The number of likely N-dealkylation sites (N-methyl/N-ethyl adjacent to an activating group) is 1. The first-order chi connectivity index (χ1) is 17.7. The Balaban J connectivity index is 1.78. The van der Waals surface area contributed by atoms with E-state index < -0.39 is 15.8 Å². The summed E-state index contributed by atoms with van der Waals surface area (Å²) in [6, 6.07) is 11.0. The second-order valence-electron chi connectivity index (χ2n) is 9.21. The summed E-state index contributed by atoms with van der Waals surface area (Å²) in [6.45, 7) is 5.60. The fourth-order valence-electron chi connectivity index (χ4n) is 4.46. The van der Waals surface area contributed by atoms with Gasteiger partial charge in [-0.3, -0.25) is 0 Å². The van der Waals surface area contributed by atoms with Gasteiger partial charge in [0.2, 0.25) is 10.0 Å². The molecule has 1 saturated heterocycles. The molecule has 0 amide bonds. The average Bonchev–Trinajstić information content (AvgIpc) is 3.20. The number of rotatable bonds is 10. The summed E-state index contributed by atoms with van der Waals surface area (Å²) in [6.07, 6.45) is 0.484. The zero-order valence-corrected chi connectivity index (χ0v) is 22.2. The van der Waals surface area contributed by atoms with Gasteiger partial charge in [0, 0.05) is 58.5 Å². The van der Waals surface area contributed by atoms with E-state index in [2.05, 4.69) is 16.8 Å². The molecule has 1 aliphatic heterocycles. The topological polar surface area (TPSA) is 70.9 Å². The minimum atomic E-state index is -3.94. The molecule has 0 bridgehead atoms. The monoisotopic (exact) mass is 533 g/mol. The van der Waals surface area contributed by atoms with Crippen LogP contribution in [-0.2, 0) is 21.3 Å². The zero-order chi connectivity index (χ0) is 26.6. The van der Waals surface area contributed by atoms with Crippen LogP contribution >= 0.6 is 0 Å². The SMILES string of the molecule is COCCCN(Cc1c(C)nn(-c2cccc(F)c2)c1N1CCN(C)CC1)S(=O)(=O)c1ccc(F)cc1. The highest BCUT2D eigenvalue weighted by Crippen LogP contribution is 2.31. The van der Waals surface area contributed by atoms with Crippen LogP contribution in [0.25, 0.3) is 5.69 Å². The Morgan fingerprint density at radius 1 is 1.03 bits per heavy atom. The fraction of sp³-hybridized carbons (Fsp3) is 0.423. The summed E-state index contributed by atoms with van der Waals surface area (Å²) in [4.78, 5) is 4.42. The molecule has 0 unspecified atom stereocenters. The summed E-state index contributed by atoms with van der Waals surface area (Å²) in [5, 5.41) is 4.73. The van der Waals surface area contributed by atoms with Crippen LogP contribution in [0, 0.1) is 18.6 Å². The van der Waals surface area contributed by atoms with E-state index >= 15 is 0 Å². The number of nitrogens with zero attached hydrogens (tertiary/aromatic N) is 5. The van der Waals surface area contributed by atoms with Crippen LogP contribution in [0.4, 0.5) is 14.6 Å². The number of aromatic nitrogens is 2. The lowest BCUT2D eigenvalue weighted by Crippen LogP contribution is -2.45. The lowest BCUT2D eigenvalue weighted by atomic mass is 10.2. The second kappa shape index (κ2) is 11.7. The normalized spacial score (nSPS) is 15.0. The zero-order valence-electron chi connectivity index (χ0n) is 21.4. The Labute approximate surface area is 217 Å². The van der Waals surface area contributed by atoms with Gasteiger partial charge in [0.25, 0.3) is 0 Å². The Hall–Kier alpha value is -2.86. The molecule has 8 nitrogen and oxygen atoms in total. The molecule has 1 aromatic heterocycles. The molecule has 2 heterocycles. The fourth-order valence-corrected chi connectivity index (χ4v) is 5.91. The predicted molar refractivity (Wildman–Crippen MR) is 138 cm³/mol. The van der Waals surface area contributed by atoms with E-state index in [1.165, 1.54) is 28.6 Å². The van der Waals surface area contributed by atoms with Gasteiger partial charge in [-0.05, 0) is 62.9 Å². The Bertz CT molecular complexity index is 1310. The molecular formula is C26H33F2N5O3S. The van der Waals surface area contributed by atoms with Crippen LogP contribution < -0.4 is 4.90 Å². The molecule has 0 N–H and O–H groups in total. The molecule has 0 radical (unpaired) electrons. The second-order valence-corrected chi connectivity index (χ2v) is 11.1. The number of halogens is 2. The van der Waals surface area contributed by atoms with Crippen LogP contribution in [0.3, 0.4) is 0 Å². The Morgan fingerprint density at radius 3 is 2.38 bits per heavy atom. The van der Waals surface area contributed by atoms with Crippen LogP contribution in [0.1, 0.15) is 17.7 Å². The molecular weight excluding hydrogens is 500 g/mol. The molecule has 2 aromatic carbocycles. The maximum absolute atomic E-state index is 14.2. The first-order valence-corrected chi connectivity index (χ1v) is 13.7. The minimum Gasteiger partial charge on any atom is -0.385 e. The molecule has 1 fully saturated rings. The van der Waals surface area contributed by atoms with Crippen molar-refractivity contribution in [2.75, 3.05) is 58.4 Å². The highest BCUT2D eigenvalue weighted by molar-refractivity contribution is 7.89. The Kier molecular flexibility index (Phi) is 8.58. The van der Waals surface area contributed by atoms with E-state index in [1.807, 2.05) is 6.92 Å². The van der Waals surface area contributed by atoms with Crippen molar-refractivity contribution in [3.05, 3.63) is 71.4 Å². The lowest BCUT2D eigenvalue weighted by molar-refractivity contribution is 0.186. The van der Waals surface area contributed by atoms with E-state index in [4.69, 9.17) is 9.84 Å². The molecule has 0 spiro atoms. The third kappa shape index (κ3) is 6.18. The molecule has 0 saturated carbocycles. The molecule has 4 rings (SSSR count). The number of sulfonamides is 1. The van der Waals surface area contributed by atoms with Crippen molar-refractivity contribution in [2.45, 2.75) is 24.8 Å². The Morgan fingerprint density at radius 2 is 1.73 bits per heavy atom. The largest absolute Gasteiger partial charge is 0.385 e. The van der Waals surface area contributed by atoms with Crippen molar-refractivity contribution < 1.29 is 21.9 Å². The first-order valence-electron chi connectivity index (χ1n) is 12.2. The third-order valence-electron chi connectivity index (χ3n) is 6.55. The highest BCUT2D eigenvalue weighted by Gasteiger charge is 2.30. The van der Waals surface area contributed by atoms with Crippen molar-refractivity contribution in [1.82, 2.24) is 19.0 Å². The van der Waals surface area contributed by atoms with Gasteiger partial charge >= 0.3 is 0 Å². The molecule has 0 aliphatic carbocycles. The number of hydrogen-bond donors (Lipinski definition) is 0. The van der Waals surface area contributed by atoms with Crippen LogP contribution in [0.15, 0.2) is 53.4 Å². The number of benzene rings is 2. The first kappa shape index (κ1) is 27.2. The molecule has 200 valence electrons. The average molecular weight is 534 g/mol. The molecule has 1 aliphatic rings. The van der Waals surface area contributed by atoms with Gasteiger partial charge in [-0.25, -0.2) is 21.9 Å². The molecule has 3 aromatic rings. The van der Waals surface area contributed by atoms with Gasteiger partial charge < -0.3 is 14.5 Å². The predicted octanol–water partition coefficient (Wildman–Crippen LogP) is 3.44. The smallest absolute Gasteiger partial charge is 0.243 e. The number of aryl methyl sites for hydroxylation is 1. The summed E-state index contributed by atoms with van der Waals surface area (Å²) in [5.74, 6) is -0.131. The van der Waals surface area contributed by atoms with Crippen molar-refractivity contribution in [1.29, 1.82) is 0 Å². The van der Waals surface area contributed by atoms with Crippen molar-refractivity contribution >= 4 is 15.8 Å². The minimum absolute atomic E-state index is 0.0163. The van der Waals surface area contributed by atoms with Gasteiger partial charge in [-0.15, -0.1) is 0 Å². The maximum Gasteiger partial charge on any atom is 0.243 e. The number of piperazine rings is 1. The number of methoxy groups -OCH3 is 1. The van der Waals surface area contributed by atoms with Gasteiger partial charge in [-0.2, -0.15) is 9.40 Å². The van der Waals surface area contributed by atoms with Crippen molar-refractivity contribution in [3.63, 3.8) is 0 Å². The van der Waals surface area contributed by atoms with Crippen LogP contribution in [-0.4, -0.2) is 80.9 Å². The van der Waals surface area contributed by atoms with E-state index in [0.717, 1.165) is 49.7 Å². The van der Waals surface area contributed by atoms with Crippen LogP contribution in [0.5, 0.6) is 0 Å². The number of ether oxygens (including phenoxy) is 1. The van der Waals surface area contributed by atoms with Gasteiger partial charge in [0.15, 0.2) is 0 Å².